The van der Waals surface area contributed by atoms with Crippen LogP contribution in [0, 0.1) is 11.8 Å². The van der Waals surface area contributed by atoms with Gasteiger partial charge in [0.2, 0.25) is 0 Å². The Kier molecular flexibility index (Phi) is 3.15. The van der Waals surface area contributed by atoms with Crippen molar-refractivity contribution in [3.8, 4) is 0 Å². The fourth-order valence-electron chi connectivity index (χ4n) is 3.04. The minimum absolute atomic E-state index is 0.266. The Bertz CT molecular complexity index is 321. The van der Waals surface area contributed by atoms with Crippen molar-refractivity contribution < 1.29 is 14.3 Å². The lowest BCUT2D eigenvalue weighted by Crippen LogP contribution is -2.42. The topological polar surface area (TPSA) is 46.6 Å². The maximum Gasteiger partial charge on any atom is 0.410 e. The quantitative estimate of drug-likeness (QED) is 0.659. The van der Waals surface area contributed by atoms with E-state index in [0.717, 1.165) is 19.1 Å². The molecule has 0 aromatic carbocycles. The number of amides is 1. The molecule has 4 nitrogen and oxygen atoms in total. The molecule has 0 N–H and O–H groups in total. The third-order valence-electron chi connectivity index (χ3n) is 3.72. The smallest absolute Gasteiger partial charge is 0.410 e. The summed E-state index contributed by atoms with van der Waals surface area (Å²) in [5, 5.41) is 0. The summed E-state index contributed by atoms with van der Waals surface area (Å²) < 4.78 is 5.35. The van der Waals surface area contributed by atoms with E-state index < -0.39 is 5.60 Å². The van der Waals surface area contributed by atoms with E-state index in [2.05, 4.69) is 0 Å². The molecule has 1 amide bonds. The molecule has 2 fully saturated rings. The molecule has 1 saturated heterocycles. The normalized spacial score (nSPS) is 32.4. The van der Waals surface area contributed by atoms with Crippen molar-refractivity contribution in [3.63, 3.8) is 0 Å². The molecule has 1 unspecified atom stereocenters. The first-order valence-corrected chi connectivity index (χ1v) is 6.37. The number of carbonyl (C=O) groups is 2. The Morgan fingerprint density at radius 1 is 1.35 bits per heavy atom. The second-order valence-electron chi connectivity index (χ2n) is 6.11. The Labute approximate surface area is 102 Å². The summed E-state index contributed by atoms with van der Waals surface area (Å²) in [7, 11) is 0. The van der Waals surface area contributed by atoms with Crippen LogP contribution >= 0.6 is 0 Å². The summed E-state index contributed by atoms with van der Waals surface area (Å²) in [4.78, 5) is 24.8. The molecule has 3 atom stereocenters. The van der Waals surface area contributed by atoms with Crippen molar-refractivity contribution in [2.24, 2.45) is 11.8 Å². The van der Waals surface area contributed by atoms with Gasteiger partial charge < -0.3 is 9.53 Å². The number of likely N-dealkylation sites (tertiary alicyclic amines) is 1. The molecule has 1 saturated carbocycles. The second kappa shape index (κ2) is 4.31. The molecule has 0 radical (unpaired) electrons. The van der Waals surface area contributed by atoms with Gasteiger partial charge in [-0.3, -0.25) is 4.90 Å². The fraction of sp³-hybridized carbons (Fsp3) is 0.846. The van der Waals surface area contributed by atoms with Crippen molar-refractivity contribution in [2.45, 2.75) is 51.7 Å². The lowest BCUT2D eigenvalue weighted by atomic mass is 9.95. The van der Waals surface area contributed by atoms with Crippen molar-refractivity contribution in [3.05, 3.63) is 0 Å². The zero-order valence-electron chi connectivity index (χ0n) is 10.8. The van der Waals surface area contributed by atoms with Crippen LogP contribution in [0.2, 0.25) is 0 Å². The van der Waals surface area contributed by atoms with Crippen LogP contribution in [0.25, 0.3) is 0 Å². The largest absolute Gasteiger partial charge is 0.444 e. The highest BCUT2D eigenvalue weighted by Crippen LogP contribution is 2.41. The first-order chi connectivity index (χ1) is 7.92. The summed E-state index contributed by atoms with van der Waals surface area (Å²) in [6.45, 7) is 6.22. The number of aldehydes is 1. The van der Waals surface area contributed by atoms with E-state index in [0.29, 0.717) is 18.4 Å². The average Bonchev–Trinajstić information content (AvgIpc) is 2.72. The van der Waals surface area contributed by atoms with Crippen LogP contribution in [0.1, 0.15) is 40.0 Å². The van der Waals surface area contributed by atoms with Crippen molar-refractivity contribution >= 4 is 12.4 Å². The van der Waals surface area contributed by atoms with Gasteiger partial charge in [0.25, 0.3) is 0 Å². The summed E-state index contributed by atoms with van der Waals surface area (Å²) in [6.07, 6.45) is 3.95. The van der Waals surface area contributed by atoms with E-state index in [-0.39, 0.29) is 12.1 Å². The van der Waals surface area contributed by atoms with Gasteiger partial charge in [-0.15, -0.1) is 0 Å². The minimum atomic E-state index is -0.498. The van der Waals surface area contributed by atoms with Crippen molar-refractivity contribution in [1.82, 2.24) is 4.90 Å². The molecule has 1 heterocycles. The van der Waals surface area contributed by atoms with Crippen LogP contribution in [-0.4, -0.2) is 35.5 Å². The van der Waals surface area contributed by atoms with Crippen molar-refractivity contribution in [1.29, 1.82) is 0 Å². The number of fused-ring (bicyclic) bond motifs is 1. The highest BCUT2D eigenvalue weighted by atomic mass is 16.6. The van der Waals surface area contributed by atoms with Gasteiger partial charge in [-0.1, -0.05) is 6.42 Å². The average molecular weight is 239 g/mol. The first kappa shape index (κ1) is 12.4. The summed E-state index contributed by atoms with van der Waals surface area (Å²) in [5.74, 6) is 0.859. The van der Waals surface area contributed by atoms with E-state index in [9.17, 15) is 9.59 Å². The molecule has 2 rings (SSSR count). The number of hydrogen-bond acceptors (Lipinski definition) is 3. The Morgan fingerprint density at radius 2 is 2.06 bits per heavy atom. The van der Waals surface area contributed by atoms with E-state index >= 15 is 0 Å². The predicted octanol–water partition coefficient (Wildman–Crippen LogP) is 2.22. The van der Waals surface area contributed by atoms with Gasteiger partial charge in [0, 0.05) is 6.54 Å². The molecule has 0 bridgehead atoms. The Balaban J connectivity index is 2.06. The van der Waals surface area contributed by atoms with Gasteiger partial charge in [0.1, 0.15) is 11.9 Å². The van der Waals surface area contributed by atoms with E-state index in [1.54, 1.807) is 4.90 Å². The fourth-order valence-corrected chi connectivity index (χ4v) is 3.04. The molecule has 96 valence electrons. The van der Waals surface area contributed by atoms with Gasteiger partial charge in [-0.25, -0.2) is 4.79 Å². The lowest BCUT2D eigenvalue weighted by molar-refractivity contribution is -0.112. The van der Waals surface area contributed by atoms with Gasteiger partial charge in [0.15, 0.2) is 0 Å². The number of carbonyl (C=O) groups excluding carboxylic acids is 2. The van der Waals surface area contributed by atoms with Crippen LogP contribution < -0.4 is 0 Å². The van der Waals surface area contributed by atoms with E-state index in [1.807, 2.05) is 20.8 Å². The van der Waals surface area contributed by atoms with Crippen LogP contribution in [0.5, 0.6) is 0 Å². The Hall–Kier alpha value is -1.06. The zero-order valence-corrected chi connectivity index (χ0v) is 10.8. The number of rotatable bonds is 1. The summed E-state index contributed by atoms with van der Waals surface area (Å²) >= 11 is 0. The monoisotopic (exact) mass is 239 g/mol. The molecular formula is C13H21NO3. The molecule has 4 heteroatoms. The van der Waals surface area contributed by atoms with E-state index in [4.69, 9.17) is 4.74 Å². The third kappa shape index (κ3) is 2.45. The molecule has 0 aromatic heterocycles. The van der Waals surface area contributed by atoms with Crippen LogP contribution in [0.3, 0.4) is 0 Å². The zero-order chi connectivity index (χ0) is 12.6. The highest BCUT2D eigenvalue weighted by Gasteiger charge is 2.46. The van der Waals surface area contributed by atoms with E-state index in [1.165, 1.54) is 6.42 Å². The van der Waals surface area contributed by atoms with Crippen LogP contribution in [0.15, 0.2) is 0 Å². The molecular weight excluding hydrogens is 218 g/mol. The second-order valence-corrected chi connectivity index (χ2v) is 6.11. The van der Waals surface area contributed by atoms with Crippen molar-refractivity contribution in [2.75, 3.05) is 6.54 Å². The summed E-state index contributed by atoms with van der Waals surface area (Å²) in [6, 6.07) is -0.266. The predicted molar refractivity (Wildman–Crippen MR) is 63.6 cm³/mol. The van der Waals surface area contributed by atoms with Crippen LogP contribution in [-0.2, 0) is 9.53 Å². The van der Waals surface area contributed by atoms with Gasteiger partial charge >= 0.3 is 6.09 Å². The number of nitrogens with zero attached hydrogens (tertiary/aromatic N) is 1. The molecule has 1 aliphatic carbocycles. The Morgan fingerprint density at radius 3 is 2.65 bits per heavy atom. The third-order valence-corrected chi connectivity index (χ3v) is 3.72. The lowest BCUT2D eigenvalue weighted by Gasteiger charge is -2.27. The first-order valence-electron chi connectivity index (χ1n) is 6.37. The molecule has 2 aliphatic rings. The number of ether oxygens (including phenoxy) is 1. The molecule has 0 spiro atoms. The van der Waals surface area contributed by atoms with Gasteiger partial charge in [0.05, 0.1) is 6.04 Å². The molecule has 1 aliphatic heterocycles. The highest BCUT2D eigenvalue weighted by molar-refractivity contribution is 5.75. The standard InChI is InChI=1S/C13H21NO3/c1-13(2,3)17-12(16)14-7-9-5-4-6-10(9)11(14)8-15/h8-11H,4-7H2,1-3H3/t9-,10-,11?/m0/s1. The maximum absolute atomic E-state index is 12.0. The molecule has 17 heavy (non-hydrogen) atoms. The van der Waals surface area contributed by atoms with Crippen LogP contribution in [0.4, 0.5) is 4.79 Å². The summed E-state index contributed by atoms with van der Waals surface area (Å²) in [5.41, 5.74) is -0.498. The number of hydrogen-bond donors (Lipinski definition) is 0. The maximum atomic E-state index is 12.0. The molecule has 0 aromatic rings. The minimum Gasteiger partial charge on any atom is -0.444 e. The van der Waals surface area contributed by atoms with Gasteiger partial charge in [-0.2, -0.15) is 0 Å². The van der Waals surface area contributed by atoms with Gasteiger partial charge in [-0.05, 0) is 45.4 Å². The SMILES string of the molecule is CC(C)(C)OC(=O)N1C[C@@H]2CCC[C@@H]2C1C=O.